The molecule has 0 saturated heterocycles. The van der Waals surface area contributed by atoms with Crippen LogP contribution in [0.15, 0.2) is 18.2 Å². The topological polar surface area (TPSA) is 56.8 Å². The van der Waals surface area contributed by atoms with E-state index >= 15 is 0 Å². The van der Waals surface area contributed by atoms with Gasteiger partial charge in [-0.25, -0.2) is 0 Å². The molecule has 0 atom stereocenters. The normalized spacial score (nSPS) is 10.1. The Hall–Kier alpha value is -1.75. The van der Waals surface area contributed by atoms with Gasteiger partial charge in [0, 0.05) is 18.5 Å². The molecule has 1 aromatic rings. The smallest absolute Gasteiger partial charge is 0.305 e. The van der Waals surface area contributed by atoms with Crippen LogP contribution in [0.3, 0.4) is 0 Å². The average Bonchev–Trinajstić information content (AvgIpc) is 2.45. The number of para-hydroxylation sites is 1. The zero-order valence-corrected chi connectivity index (χ0v) is 11.7. The number of carbonyl (C=O) groups excluding carboxylic acids is 1. The van der Waals surface area contributed by atoms with Gasteiger partial charge in [-0.05, 0) is 19.0 Å². The van der Waals surface area contributed by atoms with Crippen LogP contribution < -0.4 is 14.8 Å². The molecule has 0 aliphatic heterocycles. The summed E-state index contributed by atoms with van der Waals surface area (Å²) in [6, 6.07) is 5.76. The summed E-state index contributed by atoms with van der Waals surface area (Å²) in [6.45, 7) is 1.41. The van der Waals surface area contributed by atoms with Crippen LogP contribution in [0.4, 0.5) is 0 Å². The number of hydrogen-bond acceptors (Lipinski definition) is 5. The molecule has 0 amide bonds. The monoisotopic (exact) mass is 267 g/mol. The first kappa shape index (κ1) is 15.3. The third-order valence-electron chi connectivity index (χ3n) is 2.76. The van der Waals surface area contributed by atoms with Crippen molar-refractivity contribution < 1.29 is 19.0 Å². The summed E-state index contributed by atoms with van der Waals surface area (Å²) in [7, 11) is 4.64. The van der Waals surface area contributed by atoms with Gasteiger partial charge in [0.05, 0.1) is 21.3 Å². The maximum Gasteiger partial charge on any atom is 0.305 e. The van der Waals surface area contributed by atoms with Crippen LogP contribution >= 0.6 is 0 Å². The molecule has 1 rings (SSSR count). The molecule has 19 heavy (non-hydrogen) atoms. The van der Waals surface area contributed by atoms with E-state index in [2.05, 4.69) is 10.1 Å². The Balaban J connectivity index is 2.43. The summed E-state index contributed by atoms with van der Waals surface area (Å²) < 4.78 is 15.2. The molecule has 1 N–H and O–H groups in total. The fourth-order valence-corrected chi connectivity index (χ4v) is 1.78. The van der Waals surface area contributed by atoms with Crippen molar-refractivity contribution in [1.29, 1.82) is 0 Å². The number of carbonyl (C=O) groups is 1. The molecule has 0 radical (unpaired) electrons. The summed E-state index contributed by atoms with van der Waals surface area (Å²) in [5, 5.41) is 3.26. The van der Waals surface area contributed by atoms with Gasteiger partial charge in [-0.15, -0.1) is 0 Å². The molecule has 0 aliphatic rings. The van der Waals surface area contributed by atoms with E-state index in [0.29, 0.717) is 13.0 Å². The number of esters is 1. The summed E-state index contributed by atoms with van der Waals surface area (Å²) in [5.74, 6) is 1.28. The molecule has 0 fully saturated rings. The fourth-order valence-electron chi connectivity index (χ4n) is 1.78. The van der Waals surface area contributed by atoms with Gasteiger partial charge in [-0.2, -0.15) is 0 Å². The van der Waals surface area contributed by atoms with E-state index in [0.717, 1.165) is 30.0 Å². The lowest BCUT2D eigenvalue weighted by Gasteiger charge is -2.13. The number of hydrogen-bond donors (Lipinski definition) is 1. The Morgan fingerprint density at radius 2 is 2.00 bits per heavy atom. The predicted molar refractivity (Wildman–Crippen MR) is 72.5 cm³/mol. The molecule has 0 heterocycles. The van der Waals surface area contributed by atoms with E-state index < -0.39 is 0 Å². The van der Waals surface area contributed by atoms with Gasteiger partial charge in [-0.3, -0.25) is 4.79 Å². The first-order valence-electron chi connectivity index (χ1n) is 6.20. The second kappa shape index (κ2) is 8.37. The number of ether oxygens (including phenoxy) is 3. The van der Waals surface area contributed by atoms with E-state index in [4.69, 9.17) is 9.47 Å². The van der Waals surface area contributed by atoms with Crippen molar-refractivity contribution in [3.63, 3.8) is 0 Å². The first-order chi connectivity index (χ1) is 9.22. The Kier molecular flexibility index (Phi) is 6.74. The van der Waals surface area contributed by atoms with Crippen LogP contribution in [0.2, 0.25) is 0 Å². The summed E-state index contributed by atoms with van der Waals surface area (Å²) >= 11 is 0. The first-order valence-corrected chi connectivity index (χ1v) is 6.20. The molecule has 1 aromatic carbocycles. The maximum atomic E-state index is 10.9. The molecule has 0 aliphatic carbocycles. The van der Waals surface area contributed by atoms with E-state index in [1.54, 1.807) is 14.2 Å². The third kappa shape index (κ3) is 4.79. The molecular weight excluding hydrogens is 246 g/mol. The molecule has 0 bridgehead atoms. The van der Waals surface area contributed by atoms with Crippen LogP contribution in [0.1, 0.15) is 18.4 Å². The van der Waals surface area contributed by atoms with Gasteiger partial charge in [0.25, 0.3) is 0 Å². The third-order valence-corrected chi connectivity index (χ3v) is 2.76. The quantitative estimate of drug-likeness (QED) is 0.574. The minimum atomic E-state index is -0.180. The largest absolute Gasteiger partial charge is 0.493 e. The summed E-state index contributed by atoms with van der Waals surface area (Å²) in [4.78, 5) is 10.9. The molecular formula is C14H21NO4. The van der Waals surface area contributed by atoms with Crippen molar-refractivity contribution in [3.8, 4) is 11.5 Å². The van der Waals surface area contributed by atoms with Crippen molar-refractivity contribution in [2.75, 3.05) is 27.9 Å². The van der Waals surface area contributed by atoms with Crippen molar-refractivity contribution in [3.05, 3.63) is 23.8 Å². The number of rotatable bonds is 8. The Morgan fingerprint density at radius 3 is 2.63 bits per heavy atom. The van der Waals surface area contributed by atoms with Crippen LogP contribution in [0.5, 0.6) is 11.5 Å². The lowest BCUT2D eigenvalue weighted by atomic mass is 10.2. The van der Waals surface area contributed by atoms with E-state index in [1.165, 1.54) is 7.11 Å². The number of benzene rings is 1. The minimum absolute atomic E-state index is 0.180. The maximum absolute atomic E-state index is 10.9. The Labute approximate surface area is 113 Å². The molecule has 0 spiro atoms. The molecule has 0 aromatic heterocycles. The highest BCUT2D eigenvalue weighted by molar-refractivity contribution is 5.69. The fraction of sp³-hybridized carbons (Fsp3) is 0.500. The van der Waals surface area contributed by atoms with E-state index in [9.17, 15) is 4.79 Å². The molecule has 5 nitrogen and oxygen atoms in total. The van der Waals surface area contributed by atoms with E-state index in [1.807, 2.05) is 18.2 Å². The highest BCUT2D eigenvalue weighted by atomic mass is 16.5. The number of methoxy groups -OCH3 is 3. The summed E-state index contributed by atoms with van der Waals surface area (Å²) in [6.07, 6.45) is 1.18. The minimum Gasteiger partial charge on any atom is -0.493 e. The Bertz CT molecular complexity index is 406. The lowest BCUT2D eigenvalue weighted by Crippen LogP contribution is -2.16. The predicted octanol–water partition coefficient (Wildman–Crippen LogP) is 1.75. The van der Waals surface area contributed by atoms with Crippen molar-refractivity contribution in [2.45, 2.75) is 19.4 Å². The summed E-state index contributed by atoms with van der Waals surface area (Å²) in [5.41, 5.74) is 1.03. The zero-order chi connectivity index (χ0) is 14.1. The van der Waals surface area contributed by atoms with Gasteiger partial charge in [0.2, 0.25) is 0 Å². The van der Waals surface area contributed by atoms with Crippen LogP contribution in [0.25, 0.3) is 0 Å². The van der Waals surface area contributed by atoms with Gasteiger partial charge >= 0.3 is 5.97 Å². The second-order valence-corrected chi connectivity index (χ2v) is 4.01. The number of nitrogens with one attached hydrogen (secondary N) is 1. The molecule has 5 heteroatoms. The van der Waals surface area contributed by atoms with Gasteiger partial charge in [-0.1, -0.05) is 12.1 Å². The Morgan fingerprint density at radius 1 is 1.21 bits per heavy atom. The standard InChI is InChI=1S/C14H21NO4/c1-17-12-7-4-6-11(14(12)19-3)10-15-9-5-8-13(16)18-2/h4,6-7,15H,5,8-10H2,1-3H3. The second-order valence-electron chi connectivity index (χ2n) is 4.01. The highest BCUT2D eigenvalue weighted by Crippen LogP contribution is 2.30. The highest BCUT2D eigenvalue weighted by Gasteiger charge is 2.08. The van der Waals surface area contributed by atoms with Gasteiger partial charge in [0.15, 0.2) is 11.5 Å². The average molecular weight is 267 g/mol. The van der Waals surface area contributed by atoms with Gasteiger partial charge < -0.3 is 19.5 Å². The van der Waals surface area contributed by atoms with Crippen molar-refractivity contribution in [2.24, 2.45) is 0 Å². The lowest BCUT2D eigenvalue weighted by molar-refractivity contribution is -0.140. The SMILES string of the molecule is COC(=O)CCCNCc1cccc(OC)c1OC. The molecule has 0 saturated carbocycles. The van der Waals surface area contributed by atoms with Crippen LogP contribution in [-0.4, -0.2) is 33.8 Å². The molecule has 106 valence electrons. The van der Waals surface area contributed by atoms with Crippen LogP contribution in [0, 0.1) is 0 Å². The zero-order valence-electron chi connectivity index (χ0n) is 11.7. The van der Waals surface area contributed by atoms with E-state index in [-0.39, 0.29) is 5.97 Å². The molecule has 0 unspecified atom stereocenters. The van der Waals surface area contributed by atoms with Crippen LogP contribution in [-0.2, 0) is 16.1 Å². The van der Waals surface area contributed by atoms with Crippen molar-refractivity contribution >= 4 is 5.97 Å². The van der Waals surface area contributed by atoms with Gasteiger partial charge in [0.1, 0.15) is 0 Å². The van der Waals surface area contributed by atoms with Crippen molar-refractivity contribution in [1.82, 2.24) is 5.32 Å².